The number of hydrogen-bond acceptors (Lipinski definition) is 7. The minimum atomic E-state index is 0.992. The zero-order valence-electron chi connectivity index (χ0n) is 13.5. The van der Waals surface area contributed by atoms with E-state index in [0.717, 1.165) is 43.2 Å². The summed E-state index contributed by atoms with van der Waals surface area (Å²) in [7, 11) is 1.94. The SMILES string of the molecule is CNc1ccc(SN2CCN(c3ncnc4ccsc34)CC2)cc1. The van der Waals surface area contributed by atoms with Crippen molar-refractivity contribution in [1.29, 1.82) is 0 Å². The van der Waals surface area contributed by atoms with E-state index in [1.807, 2.05) is 19.0 Å². The van der Waals surface area contributed by atoms with Crippen LogP contribution in [0.4, 0.5) is 11.5 Å². The van der Waals surface area contributed by atoms with E-state index in [-0.39, 0.29) is 0 Å². The van der Waals surface area contributed by atoms with E-state index in [0.29, 0.717) is 0 Å². The lowest BCUT2D eigenvalue weighted by Crippen LogP contribution is -2.43. The number of nitrogens with one attached hydrogen (secondary N) is 1. The van der Waals surface area contributed by atoms with Gasteiger partial charge in [-0.15, -0.1) is 11.3 Å². The van der Waals surface area contributed by atoms with Gasteiger partial charge < -0.3 is 10.2 Å². The molecule has 1 N–H and O–H groups in total. The molecule has 2 aromatic heterocycles. The Balaban J connectivity index is 1.40. The Kier molecular flexibility index (Phi) is 4.55. The molecule has 5 nitrogen and oxygen atoms in total. The normalized spacial score (nSPS) is 15.8. The van der Waals surface area contributed by atoms with Crippen LogP contribution in [0.3, 0.4) is 0 Å². The van der Waals surface area contributed by atoms with Crippen molar-refractivity contribution in [3.8, 4) is 0 Å². The standard InChI is InChI=1S/C17H19N5S2/c1-18-13-2-4-14(5-3-13)24-22-9-7-21(8-10-22)17-16-15(6-11-23-16)19-12-20-17/h2-6,11-12,18H,7-10H2,1H3. The molecule has 24 heavy (non-hydrogen) atoms. The lowest BCUT2D eigenvalue weighted by Gasteiger charge is -2.34. The molecule has 1 saturated heterocycles. The summed E-state index contributed by atoms with van der Waals surface area (Å²) in [5.74, 6) is 1.08. The van der Waals surface area contributed by atoms with Gasteiger partial charge in [0.2, 0.25) is 0 Å². The molecular formula is C17H19N5S2. The Morgan fingerprint density at radius 1 is 1.04 bits per heavy atom. The molecule has 1 aliphatic rings. The first kappa shape index (κ1) is 15.7. The Hall–Kier alpha value is -1.83. The van der Waals surface area contributed by atoms with Gasteiger partial charge in [-0.3, -0.25) is 0 Å². The number of hydrogen-bond donors (Lipinski definition) is 1. The summed E-state index contributed by atoms with van der Waals surface area (Å²) in [6.07, 6.45) is 1.68. The fourth-order valence-electron chi connectivity index (χ4n) is 2.82. The van der Waals surface area contributed by atoms with Crippen molar-refractivity contribution >= 4 is 45.0 Å². The molecule has 1 fully saturated rings. The van der Waals surface area contributed by atoms with Crippen molar-refractivity contribution in [3.63, 3.8) is 0 Å². The average molecular weight is 358 g/mol. The van der Waals surface area contributed by atoms with Gasteiger partial charge in [-0.1, -0.05) is 0 Å². The van der Waals surface area contributed by atoms with Crippen molar-refractivity contribution in [2.24, 2.45) is 0 Å². The molecule has 0 saturated carbocycles. The fourth-order valence-corrected chi connectivity index (χ4v) is 4.59. The highest BCUT2D eigenvalue weighted by Crippen LogP contribution is 2.30. The van der Waals surface area contributed by atoms with Gasteiger partial charge in [0, 0.05) is 43.8 Å². The lowest BCUT2D eigenvalue weighted by molar-refractivity contribution is 0.428. The van der Waals surface area contributed by atoms with Crippen LogP contribution in [0.1, 0.15) is 0 Å². The lowest BCUT2D eigenvalue weighted by atomic mass is 10.3. The highest BCUT2D eigenvalue weighted by Gasteiger charge is 2.21. The minimum Gasteiger partial charge on any atom is -0.388 e. The Morgan fingerprint density at radius 3 is 2.58 bits per heavy atom. The summed E-state index contributed by atoms with van der Waals surface area (Å²) in [5.41, 5.74) is 2.19. The van der Waals surface area contributed by atoms with Gasteiger partial charge in [-0.25, -0.2) is 14.3 Å². The molecule has 0 amide bonds. The van der Waals surface area contributed by atoms with Gasteiger partial charge in [-0.05, 0) is 47.7 Å². The number of nitrogens with zero attached hydrogens (tertiary/aromatic N) is 4. The Morgan fingerprint density at radius 2 is 1.83 bits per heavy atom. The summed E-state index contributed by atoms with van der Waals surface area (Å²) in [5, 5.41) is 5.24. The largest absolute Gasteiger partial charge is 0.388 e. The molecule has 3 aromatic rings. The van der Waals surface area contributed by atoms with E-state index in [1.165, 1.54) is 9.60 Å². The fraction of sp³-hybridized carbons (Fsp3) is 0.294. The molecule has 124 valence electrons. The van der Waals surface area contributed by atoms with Gasteiger partial charge in [-0.2, -0.15) is 0 Å². The predicted octanol–water partition coefficient (Wildman–Crippen LogP) is 3.56. The van der Waals surface area contributed by atoms with Gasteiger partial charge in [0.25, 0.3) is 0 Å². The van der Waals surface area contributed by atoms with Crippen molar-refractivity contribution in [2.75, 3.05) is 43.4 Å². The number of rotatable bonds is 4. The molecule has 3 heterocycles. The third-order valence-electron chi connectivity index (χ3n) is 4.14. The van der Waals surface area contributed by atoms with E-state index in [4.69, 9.17) is 0 Å². The third kappa shape index (κ3) is 3.19. The van der Waals surface area contributed by atoms with Gasteiger partial charge >= 0.3 is 0 Å². The number of anilines is 2. The van der Waals surface area contributed by atoms with Gasteiger partial charge in [0.15, 0.2) is 0 Å². The quantitative estimate of drug-likeness (QED) is 0.720. The van der Waals surface area contributed by atoms with Crippen LogP contribution in [0.5, 0.6) is 0 Å². The predicted molar refractivity (Wildman–Crippen MR) is 103 cm³/mol. The number of thiophene rings is 1. The molecule has 7 heteroatoms. The smallest absolute Gasteiger partial charge is 0.150 e. The van der Waals surface area contributed by atoms with Gasteiger partial charge in [0.1, 0.15) is 12.1 Å². The molecule has 1 aromatic carbocycles. The molecule has 4 rings (SSSR count). The van der Waals surface area contributed by atoms with E-state index >= 15 is 0 Å². The molecule has 0 radical (unpaired) electrons. The average Bonchev–Trinajstić information content (AvgIpc) is 3.12. The maximum absolute atomic E-state index is 4.52. The Labute approximate surface area is 149 Å². The summed E-state index contributed by atoms with van der Waals surface area (Å²) < 4.78 is 3.62. The zero-order valence-corrected chi connectivity index (χ0v) is 15.1. The van der Waals surface area contributed by atoms with Crippen LogP contribution in [0, 0.1) is 0 Å². The molecule has 0 bridgehead atoms. The van der Waals surface area contributed by atoms with E-state index in [9.17, 15) is 0 Å². The van der Waals surface area contributed by atoms with Crippen LogP contribution in [-0.4, -0.2) is 47.5 Å². The number of fused-ring (bicyclic) bond motifs is 1. The van der Waals surface area contributed by atoms with Crippen LogP contribution in [0.2, 0.25) is 0 Å². The van der Waals surface area contributed by atoms with E-state index in [2.05, 4.69) is 60.2 Å². The van der Waals surface area contributed by atoms with Crippen LogP contribution in [0.15, 0.2) is 46.9 Å². The van der Waals surface area contributed by atoms with Crippen molar-refractivity contribution in [1.82, 2.24) is 14.3 Å². The van der Waals surface area contributed by atoms with Crippen LogP contribution in [-0.2, 0) is 0 Å². The molecule has 0 atom stereocenters. The van der Waals surface area contributed by atoms with Crippen LogP contribution < -0.4 is 10.2 Å². The monoisotopic (exact) mass is 357 g/mol. The van der Waals surface area contributed by atoms with Crippen LogP contribution in [0.25, 0.3) is 10.2 Å². The first-order valence-electron chi connectivity index (χ1n) is 7.97. The first-order valence-corrected chi connectivity index (χ1v) is 9.63. The van der Waals surface area contributed by atoms with E-state index in [1.54, 1.807) is 17.7 Å². The second kappa shape index (κ2) is 6.96. The first-order chi connectivity index (χ1) is 11.8. The Bertz CT molecular complexity index is 809. The summed E-state index contributed by atoms with van der Waals surface area (Å²) >= 11 is 3.56. The zero-order chi connectivity index (χ0) is 16.4. The highest BCUT2D eigenvalue weighted by molar-refractivity contribution is 7.97. The van der Waals surface area contributed by atoms with Crippen LogP contribution >= 0.6 is 23.3 Å². The minimum absolute atomic E-state index is 0.992. The molecule has 0 unspecified atom stereocenters. The van der Waals surface area contributed by atoms with Gasteiger partial charge in [0.05, 0.1) is 10.2 Å². The summed E-state index contributed by atoms with van der Waals surface area (Å²) in [6, 6.07) is 10.6. The van der Waals surface area contributed by atoms with Crippen molar-refractivity contribution < 1.29 is 0 Å². The maximum atomic E-state index is 4.52. The second-order valence-electron chi connectivity index (χ2n) is 5.61. The molecule has 1 aliphatic heterocycles. The molecule has 0 spiro atoms. The second-order valence-corrected chi connectivity index (χ2v) is 7.70. The summed E-state index contributed by atoms with van der Waals surface area (Å²) in [6.45, 7) is 4.03. The molecular weight excluding hydrogens is 338 g/mol. The van der Waals surface area contributed by atoms with Crippen molar-refractivity contribution in [2.45, 2.75) is 4.90 Å². The number of aromatic nitrogens is 2. The maximum Gasteiger partial charge on any atom is 0.150 e. The topological polar surface area (TPSA) is 44.3 Å². The third-order valence-corrected chi connectivity index (χ3v) is 6.15. The van der Waals surface area contributed by atoms with Crippen molar-refractivity contribution in [3.05, 3.63) is 42.0 Å². The highest BCUT2D eigenvalue weighted by atomic mass is 32.2. The summed E-state index contributed by atoms with van der Waals surface area (Å²) in [4.78, 5) is 12.5. The molecule has 0 aliphatic carbocycles. The number of benzene rings is 1. The number of piperazine rings is 1. The van der Waals surface area contributed by atoms with E-state index < -0.39 is 0 Å².